The van der Waals surface area contributed by atoms with Gasteiger partial charge in [-0.2, -0.15) is 15.8 Å². The average molecular weight is 345 g/mol. The second-order valence-corrected chi connectivity index (χ2v) is 6.55. The van der Waals surface area contributed by atoms with Gasteiger partial charge in [0.05, 0.1) is 34.8 Å². The fraction of sp³-hybridized carbons (Fsp3) is 0.368. The highest BCUT2D eigenvalue weighted by Gasteiger charge is 2.57. The molecule has 0 spiro atoms. The van der Waals surface area contributed by atoms with Crippen LogP contribution in [0.5, 0.6) is 0 Å². The molecule has 0 saturated heterocycles. The van der Waals surface area contributed by atoms with E-state index in [0.29, 0.717) is 12.0 Å². The Kier molecular flexibility index (Phi) is 4.28. The highest BCUT2D eigenvalue weighted by Crippen LogP contribution is 2.51. The third-order valence-corrected chi connectivity index (χ3v) is 5.42. The molecule has 7 heteroatoms. The summed E-state index contributed by atoms with van der Waals surface area (Å²) in [5.41, 5.74) is -0.709. The SMILES string of the molecule is N#CC1C(=N)C(C#N)(c2ccc([N+](=O)[O-])cc2)C(C#N)C2CCCC=C12. The molecule has 4 unspecified atom stereocenters. The third-order valence-electron chi connectivity index (χ3n) is 5.42. The van der Waals surface area contributed by atoms with Crippen molar-refractivity contribution in [1.29, 1.82) is 21.2 Å². The second-order valence-electron chi connectivity index (χ2n) is 6.55. The van der Waals surface area contributed by atoms with E-state index in [1.165, 1.54) is 24.3 Å². The van der Waals surface area contributed by atoms with Crippen molar-refractivity contribution in [3.05, 3.63) is 51.6 Å². The van der Waals surface area contributed by atoms with Crippen LogP contribution in [-0.2, 0) is 5.41 Å². The van der Waals surface area contributed by atoms with Crippen LogP contribution in [-0.4, -0.2) is 10.6 Å². The molecule has 1 aromatic rings. The number of nitrogens with one attached hydrogen (secondary N) is 1. The number of non-ortho nitro benzene ring substituents is 1. The number of rotatable bonds is 2. The van der Waals surface area contributed by atoms with Crippen LogP contribution in [0.2, 0.25) is 0 Å². The van der Waals surface area contributed by atoms with Gasteiger partial charge in [-0.1, -0.05) is 18.2 Å². The Labute approximate surface area is 150 Å². The van der Waals surface area contributed by atoms with E-state index in [1.807, 2.05) is 6.08 Å². The summed E-state index contributed by atoms with van der Waals surface area (Å²) in [6.45, 7) is 0. The van der Waals surface area contributed by atoms with Gasteiger partial charge in [0, 0.05) is 12.1 Å². The van der Waals surface area contributed by atoms with Crippen LogP contribution < -0.4 is 0 Å². The lowest BCUT2D eigenvalue weighted by molar-refractivity contribution is -0.384. The van der Waals surface area contributed by atoms with Crippen molar-refractivity contribution in [2.45, 2.75) is 24.7 Å². The maximum absolute atomic E-state index is 10.9. The van der Waals surface area contributed by atoms with E-state index in [1.54, 1.807) is 0 Å². The van der Waals surface area contributed by atoms with Crippen LogP contribution in [0.3, 0.4) is 0 Å². The molecule has 1 saturated carbocycles. The van der Waals surface area contributed by atoms with E-state index < -0.39 is 22.2 Å². The van der Waals surface area contributed by atoms with Gasteiger partial charge in [0.2, 0.25) is 0 Å². The lowest BCUT2D eigenvalue weighted by atomic mass is 9.52. The quantitative estimate of drug-likeness (QED) is 0.497. The molecule has 2 aliphatic rings. The molecule has 0 amide bonds. The number of hydrogen-bond acceptors (Lipinski definition) is 6. The minimum atomic E-state index is -1.58. The molecule has 1 aromatic carbocycles. The van der Waals surface area contributed by atoms with Crippen molar-refractivity contribution >= 4 is 11.4 Å². The summed E-state index contributed by atoms with van der Waals surface area (Å²) in [6, 6.07) is 11.8. The van der Waals surface area contributed by atoms with Crippen LogP contribution >= 0.6 is 0 Å². The normalized spacial score (nSPS) is 30.1. The minimum Gasteiger partial charge on any atom is -0.306 e. The molecule has 0 bridgehead atoms. The highest BCUT2D eigenvalue weighted by atomic mass is 16.6. The largest absolute Gasteiger partial charge is 0.306 e. The first-order chi connectivity index (χ1) is 12.5. The molecule has 7 nitrogen and oxygen atoms in total. The summed E-state index contributed by atoms with van der Waals surface area (Å²) in [4.78, 5) is 10.4. The van der Waals surface area contributed by atoms with Gasteiger partial charge in [-0.05, 0) is 36.3 Å². The van der Waals surface area contributed by atoms with Gasteiger partial charge in [-0.15, -0.1) is 0 Å². The monoisotopic (exact) mass is 345 g/mol. The summed E-state index contributed by atoms with van der Waals surface area (Å²) in [7, 11) is 0. The van der Waals surface area contributed by atoms with Gasteiger partial charge < -0.3 is 5.41 Å². The number of hydrogen-bond donors (Lipinski definition) is 1. The lowest BCUT2D eigenvalue weighted by Crippen LogP contribution is -2.53. The molecule has 3 rings (SSSR count). The number of nitro groups is 1. The van der Waals surface area contributed by atoms with Gasteiger partial charge >= 0.3 is 0 Å². The highest BCUT2D eigenvalue weighted by molar-refractivity contribution is 6.02. The molecule has 0 radical (unpaired) electrons. The van der Waals surface area contributed by atoms with Crippen LogP contribution in [0.1, 0.15) is 24.8 Å². The zero-order valence-electron chi connectivity index (χ0n) is 13.8. The lowest BCUT2D eigenvalue weighted by Gasteiger charge is -2.46. The predicted molar refractivity (Wildman–Crippen MR) is 91.7 cm³/mol. The average Bonchev–Trinajstić information content (AvgIpc) is 2.67. The second kappa shape index (κ2) is 6.43. The van der Waals surface area contributed by atoms with Crippen molar-refractivity contribution in [1.82, 2.24) is 0 Å². The van der Waals surface area contributed by atoms with Gasteiger partial charge in [0.1, 0.15) is 11.3 Å². The topological polar surface area (TPSA) is 138 Å². The van der Waals surface area contributed by atoms with Gasteiger partial charge in [-0.25, -0.2) is 0 Å². The Morgan fingerprint density at radius 3 is 2.42 bits per heavy atom. The summed E-state index contributed by atoms with van der Waals surface area (Å²) < 4.78 is 0. The molecule has 1 N–H and O–H groups in total. The minimum absolute atomic E-state index is 0.118. The van der Waals surface area contributed by atoms with Crippen molar-refractivity contribution < 1.29 is 4.92 Å². The number of fused-ring (bicyclic) bond motifs is 1. The number of nitrogens with zero attached hydrogens (tertiary/aromatic N) is 4. The first kappa shape index (κ1) is 17.3. The Morgan fingerprint density at radius 1 is 1.19 bits per heavy atom. The fourth-order valence-corrected chi connectivity index (χ4v) is 4.18. The number of nitro benzene ring substituents is 1. The molecule has 0 heterocycles. The van der Waals surface area contributed by atoms with Crippen LogP contribution in [0.15, 0.2) is 35.9 Å². The van der Waals surface area contributed by atoms with E-state index in [0.717, 1.165) is 18.4 Å². The predicted octanol–water partition coefficient (Wildman–Crippen LogP) is 3.40. The van der Waals surface area contributed by atoms with E-state index in [9.17, 15) is 25.9 Å². The number of nitriles is 3. The molecule has 2 aliphatic carbocycles. The molecule has 1 fully saturated rings. The van der Waals surface area contributed by atoms with Gasteiger partial charge in [0.15, 0.2) is 0 Å². The maximum atomic E-state index is 10.9. The molecule has 0 aliphatic heterocycles. The third kappa shape index (κ3) is 2.28. The number of allylic oxidation sites excluding steroid dienone is 2. The smallest absolute Gasteiger partial charge is 0.269 e. The molecular weight excluding hydrogens is 330 g/mol. The fourth-order valence-electron chi connectivity index (χ4n) is 4.18. The summed E-state index contributed by atoms with van der Waals surface area (Å²) in [5, 5.41) is 49.1. The first-order valence-corrected chi connectivity index (χ1v) is 8.25. The Hall–Kier alpha value is -3.50. The maximum Gasteiger partial charge on any atom is 0.269 e. The van der Waals surface area contributed by atoms with E-state index in [2.05, 4.69) is 18.2 Å². The molecule has 0 aromatic heterocycles. The van der Waals surface area contributed by atoms with Crippen LogP contribution in [0.4, 0.5) is 5.69 Å². The Morgan fingerprint density at radius 2 is 1.88 bits per heavy atom. The van der Waals surface area contributed by atoms with E-state index in [4.69, 9.17) is 5.41 Å². The zero-order chi connectivity index (χ0) is 18.9. The summed E-state index contributed by atoms with van der Waals surface area (Å²) >= 11 is 0. The Balaban J connectivity index is 2.22. The standard InChI is InChI=1S/C19H15N5O2/c20-9-16-14-3-1-2-4-15(14)17(10-21)19(11-22,18(16)23)12-5-7-13(8-6-12)24(25)26/h3,5-8,15-17,23H,1-2,4H2. The molecule has 4 atom stereocenters. The number of benzene rings is 1. The Bertz CT molecular complexity index is 929. The molecule has 26 heavy (non-hydrogen) atoms. The van der Waals surface area contributed by atoms with Crippen LogP contribution in [0, 0.1) is 67.3 Å². The summed E-state index contributed by atoms with van der Waals surface area (Å²) in [6.07, 6.45) is 4.27. The van der Waals surface area contributed by atoms with Gasteiger partial charge in [-0.3, -0.25) is 10.1 Å². The van der Waals surface area contributed by atoms with Gasteiger partial charge in [0.25, 0.3) is 5.69 Å². The van der Waals surface area contributed by atoms with Crippen molar-refractivity contribution in [3.8, 4) is 18.2 Å². The van der Waals surface area contributed by atoms with Crippen molar-refractivity contribution in [2.24, 2.45) is 17.8 Å². The molecular formula is C19H15N5O2. The van der Waals surface area contributed by atoms with E-state index in [-0.39, 0.29) is 17.3 Å². The van der Waals surface area contributed by atoms with Crippen molar-refractivity contribution in [2.75, 3.05) is 0 Å². The molecule has 128 valence electrons. The summed E-state index contributed by atoms with van der Waals surface area (Å²) in [5.74, 6) is -1.92. The zero-order valence-corrected chi connectivity index (χ0v) is 13.8. The van der Waals surface area contributed by atoms with Crippen molar-refractivity contribution in [3.63, 3.8) is 0 Å². The van der Waals surface area contributed by atoms with E-state index >= 15 is 0 Å². The van der Waals surface area contributed by atoms with Crippen LogP contribution in [0.25, 0.3) is 0 Å². The first-order valence-electron chi connectivity index (χ1n) is 8.25.